The summed E-state index contributed by atoms with van der Waals surface area (Å²) in [6.45, 7) is 5.44. The minimum Gasteiger partial charge on any atom is -0.491 e. The van der Waals surface area contributed by atoms with Gasteiger partial charge in [0.2, 0.25) is 0 Å². The van der Waals surface area contributed by atoms with E-state index in [1.807, 2.05) is 19.2 Å². The predicted molar refractivity (Wildman–Crippen MR) is 85.5 cm³/mol. The standard InChI is InChI=1S/C16H27N3O2/c1-18(10-11-19-8-2-3-9-19)12-15(20)13-21-16-6-4-14(17)5-7-16/h4-7,15,20H,2-3,8-13,17H2,1H3. The molecule has 0 radical (unpaired) electrons. The van der Waals surface area contributed by atoms with E-state index in [4.69, 9.17) is 10.5 Å². The van der Waals surface area contributed by atoms with Crippen molar-refractivity contribution < 1.29 is 9.84 Å². The number of hydrogen-bond acceptors (Lipinski definition) is 5. The quantitative estimate of drug-likeness (QED) is 0.701. The Morgan fingerprint density at radius 1 is 1.29 bits per heavy atom. The van der Waals surface area contributed by atoms with Gasteiger partial charge in [0, 0.05) is 25.3 Å². The average molecular weight is 293 g/mol. The molecule has 1 unspecified atom stereocenters. The van der Waals surface area contributed by atoms with Gasteiger partial charge in [-0.1, -0.05) is 0 Å². The number of aliphatic hydroxyl groups excluding tert-OH is 1. The third-order valence-electron chi connectivity index (χ3n) is 3.84. The summed E-state index contributed by atoms with van der Waals surface area (Å²) in [5, 5.41) is 10.0. The molecule has 0 saturated carbocycles. The van der Waals surface area contributed by atoms with Crippen LogP contribution in [0, 0.1) is 0 Å². The molecule has 1 saturated heterocycles. The summed E-state index contributed by atoms with van der Waals surface area (Å²) in [7, 11) is 2.04. The van der Waals surface area contributed by atoms with E-state index in [0.717, 1.165) is 18.8 Å². The molecular formula is C16H27N3O2. The number of nitrogens with two attached hydrogens (primary N) is 1. The van der Waals surface area contributed by atoms with E-state index in [9.17, 15) is 5.11 Å². The van der Waals surface area contributed by atoms with Gasteiger partial charge in [0.05, 0.1) is 0 Å². The molecule has 0 aromatic heterocycles. The highest BCUT2D eigenvalue weighted by molar-refractivity contribution is 5.41. The number of rotatable bonds is 8. The van der Waals surface area contributed by atoms with E-state index >= 15 is 0 Å². The molecular weight excluding hydrogens is 266 g/mol. The van der Waals surface area contributed by atoms with Crippen molar-refractivity contribution in [1.82, 2.24) is 9.80 Å². The second-order valence-corrected chi connectivity index (χ2v) is 5.84. The van der Waals surface area contributed by atoms with Crippen molar-refractivity contribution in [2.24, 2.45) is 0 Å². The molecule has 0 aliphatic carbocycles. The van der Waals surface area contributed by atoms with Gasteiger partial charge in [-0.15, -0.1) is 0 Å². The highest BCUT2D eigenvalue weighted by atomic mass is 16.5. The first-order chi connectivity index (χ1) is 10.1. The van der Waals surface area contributed by atoms with Crippen LogP contribution in [0.4, 0.5) is 5.69 Å². The number of ether oxygens (including phenoxy) is 1. The van der Waals surface area contributed by atoms with Crippen molar-refractivity contribution in [2.75, 3.05) is 52.1 Å². The highest BCUT2D eigenvalue weighted by Crippen LogP contribution is 2.13. The number of hydrogen-bond donors (Lipinski definition) is 2. The predicted octanol–water partition coefficient (Wildman–Crippen LogP) is 1.04. The number of nitrogen functional groups attached to an aromatic ring is 1. The molecule has 1 heterocycles. The zero-order chi connectivity index (χ0) is 15.1. The van der Waals surface area contributed by atoms with Crippen molar-refractivity contribution in [2.45, 2.75) is 18.9 Å². The molecule has 0 bridgehead atoms. The Bertz CT molecular complexity index is 404. The number of likely N-dealkylation sites (N-methyl/N-ethyl adjacent to an activating group) is 1. The highest BCUT2D eigenvalue weighted by Gasteiger charge is 2.13. The molecule has 0 spiro atoms. The minimum absolute atomic E-state index is 0.304. The molecule has 5 nitrogen and oxygen atoms in total. The second-order valence-electron chi connectivity index (χ2n) is 5.84. The minimum atomic E-state index is -0.480. The fraction of sp³-hybridized carbons (Fsp3) is 0.625. The Kier molecular flexibility index (Phi) is 6.29. The molecule has 5 heteroatoms. The lowest BCUT2D eigenvalue weighted by molar-refractivity contribution is 0.0738. The van der Waals surface area contributed by atoms with Gasteiger partial charge in [0.25, 0.3) is 0 Å². The van der Waals surface area contributed by atoms with Gasteiger partial charge in [0.15, 0.2) is 0 Å². The van der Waals surface area contributed by atoms with Crippen molar-refractivity contribution in [3.05, 3.63) is 24.3 Å². The molecule has 1 atom stereocenters. The fourth-order valence-corrected chi connectivity index (χ4v) is 2.58. The molecule has 1 aromatic carbocycles. The van der Waals surface area contributed by atoms with Crippen LogP contribution in [0.25, 0.3) is 0 Å². The Morgan fingerprint density at radius 2 is 1.95 bits per heavy atom. The van der Waals surface area contributed by atoms with Crippen molar-refractivity contribution in [3.63, 3.8) is 0 Å². The topological polar surface area (TPSA) is 62.0 Å². The summed E-state index contributed by atoms with van der Waals surface area (Å²) in [5.41, 5.74) is 6.33. The van der Waals surface area contributed by atoms with E-state index in [2.05, 4.69) is 9.80 Å². The first kappa shape index (κ1) is 16.1. The van der Waals surface area contributed by atoms with Gasteiger partial charge in [-0.25, -0.2) is 0 Å². The zero-order valence-electron chi connectivity index (χ0n) is 12.9. The summed E-state index contributed by atoms with van der Waals surface area (Å²) in [6, 6.07) is 7.23. The van der Waals surface area contributed by atoms with Crippen LogP contribution in [-0.4, -0.2) is 67.4 Å². The van der Waals surface area contributed by atoms with Gasteiger partial charge in [-0.05, 0) is 57.2 Å². The van der Waals surface area contributed by atoms with E-state index in [-0.39, 0.29) is 0 Å². The SMILES string of the molecule is CN(CCN1CCCC1)CC(O)COc1ccc(N)cc1. The van der Waals surface area contributed by atoms with Crippen molar-refractivity contribution >= 4 is 5.69 Å². The van der Waals surface area contributed by atoms with Crippen molar-refractivity contribution in [1.29, 1.82) is 0 Å². The molecule has 1 aliphatic heterocycles. The van der Waals surface area contributed by atoms with Crippen molar-refractivity contribution in [3.8, 4) is 5.75 Å². The third kappa shape index (κ3) is 5.91. The largest absolute Gasteiger partial charge is 0.491 e. The monoisotopic (exact) mass is 293 g/mol. The summed E-state index contributed by atoms with van der Waals surface area (Å²) < 4.78 is 5.56. The van der Waals surface area contributed by atoms with Crippen LogP contribution < -0.4 is 10.5 Å². The maximum Gasteiger partial charge on any atom is 0.119 e. The number of nitrogens with zero attached hydrogens (tertiary/aromatic N) is 2. The van der Waals surface area contributed by atoms with Gasteiger partial charge in [-0.2, -0.15) is 0 Å². The molecule has 21 heavy (non-hydrogen) atoms. The lowest BCUT2D eigenvalue weighted by Crippen LogP contribution is -2.37. The summed E-state index contributed by atoms with van der Waals surface area (Å²) in [5.74, 6) is 0.739. The normalized spacial score (nSPS) is 17.3. The van der Waals surface area contributed by atoms with Crippen LogP contribution in [0.3, 0.4) is 0 Å². The second kappa shape index (κ2) is 8.22. The zero-order valence-corrected chi connectivity index (χ0v) is 12.9. The number of benzene rings is 1. The first-order valence-electron chi connectivity index (χ1n) is 7.71. The Hall–Kier alpha value is -1.30. The van der Waals surface area contributed by atoms with Gasteiger partial charge < -0.3 is 25.4 Å². The van der Waals surface area contributed by atoms with Crippen LogP contribution in [0.15, 0.2) is 24.3 Å². The Morgan fingerprint density at radius 3 is 2.62 bits per heavy atom. The van der Waals surface area contributed by atoms with Crippen LogP contribution >= 0.6 is 0 Å². The number of aliphatic hydroxyl groups is 1. The maximum atomic E-state index is 10.0. The number of likely N-dealkylation sites (tertiary alicyclic amines) is 1. The Balaban J connectivity index is 1.61. The molecule has 3 N–H and O–H groups in total. The molecule has 1 aromatic rings. The maximum absolute atomic E-state index is 10.0. The van der Waals surface area contributed by atoms with E-state index in [1.54, 1.807) is 12.1 Å². The molecule has 0 amide bonds. The number of anilines is 1. The summed E-state index contributed by atoms with van der Waals surface area (Å²) in [4.78, 5) is 4.64. The van der Waals surface area contributed by atoms with E-state index in [0.29, 0.717) is 18.8 Å². The van der Waals surface area contributed by atoms with E-state index in [1.165, 1.54) is 25.9 Å². The summed E-state index contributed by atoms with van der Waals surface area (Å²) in [6.07, 6.45) is 2.16. The van der Waals surface area contributed by atoms with Gasteiger partial charge >= 0.3 is 0 Å². The Labute approximate surface area is 127 Å². The summed E-state index contributed by atoms with van der Waals surface area (Å²) >= 11 is 0. The lowest BCUT2D eigenvalue weighted by Gasteiger charge is -2.23. The fourth-order valence-electron chi connectivity index (χ4n) is 2.58. The van der Waals surface area contributed by atoms with Gasteiger partial charge in [0.1, 0.15) is 18.5 Å². The smallest absolute Gasteiger partial charge is 0.119 e. The molecule has 1 aliphatic rings. The molecule has 1 fully saturated rings. The molecule has 118 valence electrons. The van der Waals surface area contributed by atoms with Crippen LogP contribution in [0.2, 0.25) is 0 Å². The third-order valence-corrected chi connectivity index (χ3v) is 3.84. The molecule has 2 rings (SSSR count). The lowest BCUT2D eigenvalue weighted by atomic mass is 10.3. The van der Waals surface area contributed by atoms with Crippen LogP contribution in [0.1, 0.15) is 12.8 Å². The first-order valence-corrected chi connectivity index (χ1v) is 7.71. The average Bonchev–Trinajstić information content (AvgIpc) is 2.98. The van der Waals surface area contributed by atoms with Gasteiger partial charge in [-0.3, -0.25) is 0 Å². The van der Waals surface area contributed by atoms with Crippen LogP contribution in [0.5, 0.6) is 5.75 Å². The van der Waals surface area contributed by atoms with E-state index < -0.39 is 6.10 Å². The van der Waals surface area contributed by atoms with Crippen LogP contribution in [-0.2, 0) is 0 Å².